The van der Waals surface area contributed by atoms with E-state index in [0.29, 0.717) is 31.9 Å². The molecule has 3 aromatic rings. The summed E-state index contributed by atoms with van der Waals surface area (Å²) in [5.41, 5.74) is 2.11. The van der Waals surface area contributed by atoms with Crippen LogP contribution >= 0.6 is 11.6 Å². The Kier molecular flexibility index (Phi) is 6.50. The Morgan fingerprint density at radius 1 is 0.906 bits per heavy atom. The fourth-order valence-electron chi connectivity index (χ4n) is 3.56. The largest absolute Gasteiger partial charge is 0.423 e. The van der Waals surface area contributed by atoms with Gasteiger partial charge in [0.2, 0.25) is 10.0 Å². The van der Waals surface area contributed by atoms with Crippen molar-refractivity contribution >= 4 is 33.3 Å². The van der Waals surface area contributed by atoms with Gasteiger partial charge in [-0.05, 0) is 49.4 Å². The molecule has 0 aliphatic carbocycles. The number of halogens is 1. The number of ether oxygens (including phenoxy) is 1. The number of anilines is 1. The SMILES string of the molecule is Cc1ccc(OC(=O)c2cc(S(=O)(=O)N3CCN(c4ccccc4)CC3)ccc2Cl)cc1. The average molecular weight is 471 g/mol. The summed E-state index contributed by atoms with van der Waals surface area (Å²) in [6.45, 7) is 3.79. The normalized spacial score (nSPS) is 14.9. The Labute approximate surface area is 193 Å². The third-order valence-electron chi connectivity index (χ3n) is 5.39. The molecule has 0 N–H and O–H groups in total. The Bertz CT molecular complexity index is 1210. The molecular formula is C24H23ClN2O4S. The maximum absolute atomic E-state index is 13.2. The van der Waals surface area contributed by atoms with E-state index in [2.05, 4.69) is 4.90 Å². The Morgan fingerprint density at radius 3 is 2.22 bits per heavy atom. The molecule has 32 heavy (non-hydrogen) atoms. The first kappa shape index (κ1) is 22.3. The molecule has 1 aliphatic heterocycles. The molecular weight excluding hydrogens is 448 g/mol. The number of para-hydroxylation sites is 1. The predicted molar refractivity (Wildman–Crippen MR) is 125 cm³/mol. The first-order valence-corrected chi connectivity index (χ1v) is 12.0. The monoisotopic (exact) mass is 470 g/mol. The minimum Gasteiger partial charge on any atom is -0.423 e. The van der Waals surface area contributed by atoms with Crippen molar-refractivity contribution in [3.05, 3.63) is 88.9 Å². The standard InChI is InChI=1S/C24H23ClN2O4S/c1-18-7-9-20(10-8-18)31-24(28)22-17-21(11-12-23(22)25)32(29,30)27-15-13-26(14-16-27)19-5-3-2-4-6-19/h2-12,17H,13-16H2,1H3. The van der Waals surface area contributed by atoms with Crippen LogP contribution in [0.3, 0.4) is 0 Å². The number of hydrogen-bond acceptors (Lipinski definition) is 5. The number of sulfonamides is 1. The van der Waals surface area contributed by atoms with E-state index < -0.39 is 16.0 Å². The van der Waals surface area contributed by atoms with Crippen molar-refractivity contribution in [1.82, 2.24) is 4.31 Å². The molecule has 3 aromatic carbocycles. The maximum Gasteiger partial charge on any atom is 0.345 e. The highest BCUT2D eigenvalue weighted by Crippen LogP contribution is 2.26. The highest BCUT2D eigenvalue weighted by Gasteiger charge is 2.30. The topological polar surface area (TPSA) is 66.9 Å². The third-order valence-corrected chi connectivity index (χ3v) is 7.61. The highest BCUT2D eigenvalue weighted by molar-refractivity contribution is 7.89. The van der Waals surface area contributed by atoms with Crippen LogP contribution in [-0.4, -0.2) is 44.9 Å². The Morgan fingerprint density at radius 2 is 1.56 bits per heavy atom. The molecule has 0 atom stereocenters. The number of carbonyl (C=O) groups is 1. The second-order valence-corrected chi connectivity index (χ2v) is 9.92. The zero-order valence-corrected chi connectivity index (χ0v) is 19.1. The van der Waals surface area contributed by atoms with Crippen LogP contribution in [0, 0.1) is 6.92 Å². The smallest absolute Gasteiger partial charge is 0.345 e. The molecule has 0 radical (unpaired) electrons. The van der Waals surface area contributed by atoms with Crippen LogP contribution in [0.1, 0.15) is 15.9 Å². The van der Waals surface area contributed by atoms with E-state index in [1.54, 1.807) is 12.1 Å². The van der Waals surface area contributed by atoms with Gasteiger partial charge in [0.15, 0.2) is 0 Å². The number of benzene rings is 3. The van der Waals surface area contributed by atoms with Crippen LogP contribution in [0.15, 0.2) is 77.7 Å². The molecule has 6 nitrogen and oxygen atoms in total. The summed E-state index contributed by atoms with van der Waals surface area (Å²) in [4.78, 5) is 14.8. The number of aryl methyl sites for hydroxylation is 1. The van der Waals surface area contributed by atoms with Crippen molar-refractivity contribution in [3.8, 4) is 5.75 Å². The van der Waals surface area contributed by atoms with Crippen molar-refractivity contribution in [2.75, 3.05) is 31.1 Å². The molecule has 166 valence electrons. The van der Waals surface area contributed by atoms with E-state index in [0.717, 1.165) is 11.3 Å². The van der Waals surface area contributed by atoms with Crippen LogP contribution in [0.25, 0.3) is 0 Å². The Hall–Kier alpha value is -2.87. The van der Waals surface area contributed by atoms with Crippen LogP contribution in [0.5, 0.6) is 5.75 Å². The maximum atomic E-state index is 13.2. The Balaban J connectivity index is 1.50. The number of esters is 1. The lowest BCUT2D eigenvalue weighted by Crippen LogP contribution is -2.48. The summed E-state index contributed by atoms with van der Waals surface area (Å²) in [6, 6.07) is 21.0. The number of nitrogens with zero attached hydrogens (tertiary/aromatic N) is 2. The highest BCUT2D eigenvalue weighted by atomic mass is 35.5. The van der Waals surface area contributed by atoms with Gasteiger partial charge in [-0.1, -0.05) is 47.5 Å². The minimum absolute atomic E-state index is 0.0104. The molecule has 1 saturated heterocycles. The lowest BCUT2D eigenvalue weighted by Gasteiger charge is -2.35. The molecule has 0 amide bonds. The quantitative estimate of drug-likeness (QED) is 0.409. The summed E-state index contributed by atoms with van der Waals surface area (Å²) >= 11 is 6.19. The van der Waals surface area contributed by atoms with Crippen molar-refractivity contribution in [3.63, 3.8) is 0 Å². The van der Waals surface area contributed by atoms with Gasteiger partial charge >= 0.3 is 5.97 Å². The molecule has 1 heterocycles. The fourth-order valence-corrected chi connectivity index (χ4v) is 5.21. The van der Waals surface area contributed by atoms with Crippen LogP contribution in [0.2, 0.25) is 5.02 Å². The molecule has 1 aliphatic rings. The van der Waals surface area contributed by atoms with Crippen molar-refractivity contribution in [1.29, 1.82) is 0 Å². The van der Waals surface area contributed by atoms with Crippen molar-refractivity contribution in [2.24, 2.45) is 0 Å². The second kappa shape index (κ2) is 9.32. The van der Waals surface area contributed by atoms with Gasteiger partial charge in [-0.15, -0.1) is 0 Å². The van der Waals surface area contributed by atoms with Crippen LogP contribution < -0.4 is 9.64 Å². The summed E-state index contributed by atoms with van der Waals surface area (Å²) < 4.78 is 33.3. The van der Waals surface area contributed by atoms with Gasteiger partial charge in [-0.2, -0.15) is 4.31 Å². The van der Waals surface area contributed by atoms with Gasteiger partial charge in [0, 0.05) is 31.9 Å². The first-order valence-electron chi connectivity index (χ1n) is 10.2. The molecule has 4 rings (SSSR count). The van der Waals surface area contributed by atoms with Gasteiger partial charge in [-0.3, -0.25) is 0 Å². The third kappa shape index (κ3) is 4.80. The summed E-state index contributed by atoms with van der Waals surface area (Å²) in [7, 11) is -3.78. The van der Waals surface area contributed by atoms with E-state index in [-0.39, 0.29) is 15.5 Å². The van der Waals surface area contributed by atoms with Crippen molar-refractivity contribution in [2.45, 2.75) is 11.8 Å². The van der Waals surface area contributed by atoms with Gasteiger partial charge in [0.05, 0.1) is 15.5 Å². The summed E-state index contributed by atoms with van der Waals surface area (Å²) in [5.74, 6) is -0.341. The lowest BCUT2D eigenvalue weighted by molar-refractivity contribution is 0.0734. The number of hydrogen-bond donors (Lipinski definition) is 0. The molecule has 8 heteroatoms. The predicted octanol–water partition coefficient (Wildman–Crippen LogP) is 4.38. The number of rotatable bonds is 5. The van der Waals surface area contributed by atoms with Gasteiger partial charge in [-0.25, -0.2) is 13.2 Å². The zero-order valence-electron chi connectivity index (χ0n) is 17.6. The van der Waals surface area contributed by atoms with E-state index >= 15 is 0 Å². The number of piperazine rings is 1. The van der Waals surface area contributed by atoms with Crippen molar-refractivity contribution < 1.29 is 17.9 Å². The van der Waals surface area contributed by atoms with Gasteiger partial charge < -0.3 is 9.64 Å². The molecule has 0 aromatic heterocycles. The van der Waals surface area contributed by atoms with E-state index in [1.165, 1.54) is 22.5 Å². The zero-order chi connectivity index (χ0) is 22.7. The van der Waals surface area contributed by atoms with Gasteiger partial charge in [0.25, 0.3) is 0 Å². The minimum atomic E-state index is -3.78. The van der Waals surface area contributed by atoms with Crippen LogP contribution in [-0.2, 0) is 10.0 Å². The summed E-state index contributed by atoms with van der Waals surface area (Å²) in [5, 5.41) is 0.134. The number of carbonyl (C=O) groups excluding carboxylic acids is 1. The van der Waals surface area contributed by atoms with E-state index in [9.17, 15) is 13.2 Å². The first-order chi connectivity index (χ1) is 15.3. The second-order valence-electron chi connectivity index (χ2n) is 7.57. The summed E-state index contributed by atoms with van der Waals surface area (Å²) in [6.07, 6.45) is 0. The fraction of sp³-hybridized carbons (Fsp3) is 0.208. The van der Waals surface area contributed by atoms with Crippen LogP contribution in [0.4, 0.5) is 5.69 Å². The molecule has 0 bridgehead atoms. The lowest BCUT2D eigenvalue weighted by atomic mass is 10.2. The van der Waals surface area contributed by atoms with E-state index in [1.807, 2.05) is 49.4 Å². The molecule has 1 fully saturated rings. The van der Waals surface area contributed by atoms with E-state index in [4.69, 9.17) is 16.3 Å². The van der Waals surface area contributed by atoms with Gasteiger partial charge in [0.1, 0.15) is 5.75 Å². The molecule has 0 spiro atoms. The molecule has 0 unspecified atom stereocenters. The average Bonchev–Trinajstić information content (AvgIpc) is 2.81. The molecule has 0 saturated carbocycles.